The van der Waals surface area contributed by atoms with Crippen molar-refractivity contribution in [1.82, 2.24) is 4.90 Å². The maximum atomic E-state index is 2.67. The van der Waals surface area contributed by atoms with E-state index in [1.54, 1.807) is 0 Å². The monoisotopic (exact) mass is 185 g/mol. The summed E-state index contributed by atoms with van der Waals surface area (Å²) in [4.78, 5) is 2.67. The summed E-state index contributed by atoms with van der Waals surface area (Å²) in [5.41, 5.74) is 1.39. The van der Waals surface area contributed by atoms with Crippen LogP contribution >= 0.6 is 0 Å². The van der Waals surface area contributed by atoms with E-state index in [0.717, 1.165) is 11.6 Å². The lowest BCUT2D eigenvalue weighted by Crippen LogP contribution is -2.52. The fourth-order valence-corrected chi connectivity index (χ4v) is 4.19. The normalized spacial score (nSPS) is 35.8. The van der Waals surface area contributed by atoms with Crippen LogP contribution < -0.4 is 0 Å². The second-order valence-corrected chi connectivity index (χ2v) is 7.80. The van der Waals surface area contributed by atoms with Crippen LogP contribution in [0.25, 0.3) is 0 Å². The van der Waals surface area contributed by atoms with Crippen LogP contribution in [-0.4, -0.2) is 32.5 Å². The largest absolute Gasteiger partial charge is 0.296 e. The van der Waals surface area contributed by atoms with Gasteiger partial charge in [-0.3, -0.25) is 4.90 Å². The molecule has 0 bridgehead atoms. The first kappa shape index (κ1) is 10.3. The van der Waals surface area contributed by atoms with Gasteiger partial charge in [0.15, 0.2) is 0 Å². The molecule has 1 rings (SSSR count). The number of hydrogen-bond acceptors (Lipinski definition) is 1. The molecule has 0 N–H and O–H groups in total. The molecule has 12 heavy (non-hydrogen) atoms. The molecule has 1 saturated heterocycles. The van der Waals surface area contributed by atoms with Gasteiger partial charge in [0.1, 0.15) is 0 Å². The molecule has 1 aliphatic heterocycles. The summed E-state index contributed by atoms with van der Waals surface area (Å²) in [6.07, 6.45) is 0. The van der Waals surface area contributed by atoms with E-state index in [-0.39, 0.29) is 9.52 Å². The van der Waals surface area contributed by atoms with Crippen LogP contribution in [0.5, 0.6) is 0 Å². The highest BCUT2D eigenvalue weighted by Gasteiger charge is 2.31. The van der Waals surface area contributed by atoms with Gasteiger partial charge in [-0.2, -0.15) is 0 Å². The van der Waals surface area contributed by atoms with E-state index in [0.29, 0.717) is 5.54 Å². The van der Waals surface area contributed by atoms with Crippen molar-refractivity contribution in [1.29, 1.82) is 0 Å². The first-order chi connectivity index (χ1) is 5.43. The standard InChI is InChI=1S/C10H23NSi/c1-8-9(2)12-7-6-11(8)10(3,4)5/h8-9H,6-7,12H2,1-5H3. The molecule has 2 unspecified atom stereocenters. The van der Waals surface area contributed by atoms with Gasteiger partial charge in [0.25, 0.3) is 0 Å². The van der Waals surface area contributed by atoms with Crippen molar-refractivity contribution in [2.24, 2.45) is 0 Å². The van der Waals surface area contributed by atoms with Gasteiger partial charge in [-0.25, -0.2) is 0 Å². The molecule has 0 aromatic heterocycles. The third-order valence-electron chi connectivity index (χ3n) is 3.24. The fourth-order valence-electron chi connectivity index (χ4n) is 2.28. The lowest BCUT2D eigenvalue weighted by molar-refractivity contribution is 0.0877. The fraction of sp³-hybridized carbons (Fsp3) is 1.00. The van der Waals surface area contributed by atoms with Crippen LogP contribution in [0.1, 0.15) is 34.6 Å². The predicted octanol–water partition coefficient (Wildman–Crippen LogP) is 1.88. The summed E-state index contributed by atoms with van der Waals surface area (Å²) in [6.45, 7) is 13.2. The molecule has 0 aromatic carbocycles. The first-order valence-electron chi connectivity index (χ1n) is 5.19. The molecule has 1 heterocycles. The zero-order chi connectivity index (χ0) is 9.35. The lowest BCUT2D eigenvalue weighted by atomic mass is 10.0. The van der Waals surface area contributed by atoms with Crippen molar-refractivity contribution in [3.05, 3.63) is 0 Å². The first-order valence-corrected chi connectivity index (χ1v) is 7.01. The summed E-state index contributed by atoms with van der Waals surface area (Å²) >= 11 is 0. The minimum absolute atomic E-state index is 0.254. The Morgan fingerprint density at radius 2 is 1.83 bits per heavy atom. The van der Waals surface area contributed by atoms with Gasteiger partial charge in [-0.15, -0.1) is 0 Å². The quantitative estimate of drug-likeness (QED) is 0.521. The molecule has 2 atom stereocenters. The zero-order valence-electron chi connectivity index (χ0n) is 9.22. The highest BCUT2D eigenvalue weighted by molar-refractivity contribution is 6.38. The van der Waals surface area contributed by atoms with E-state index in [1.165, 1.54) is 12.6 Å². The van der Waals surface area contributed by atoms with Crippen molar-refractivity contribution in [3.63, 3.8) is 0 Å². The van der Waals surface area contributed by atoms with E-state index in [9.17, 15) is 0 Å². The Kier molecular flexibility index (Phi) is 3.00. The van der Waals surface area contributed by atoms with Crippen molar-refractivity contribution >= 4 is 9.52 Å². The van der Waals surface area contributed by atoms with Gasteiger partial charge in [-0.1, -0.05) is 6.92 Å². The zero-order valence-corrected chi connectivity index (χ0v) is 10.6. The third kappa shape index (κ3) is 2.11. The van der Waals surface area contributed by atoms with E-state index in [4.69, 9.17) is 0 Å². The number of hydrogen-bond donors (Lipinski definition) is 0. The summed E-state index contributed by atoms with van der Waals surface area (Å²) in [5, 5.41) is 0. The molecule has 1 nitrogen and oxygen atoms in total. The third-order valence-corrected chi connectivity index (χ3v) is 5.55. The summed E-state index contributed by atoms with van der Waals surface area (Å²) in [7, 11) is 0.254. The average molecular weight is 185 g/mol. The maximum absolute atomic E-state index is 2.67. The minimum Gasteiger partial charge on any atom is -0.296 e. The van der Waals surface area contributed by atoms with Gasteiger partial charge < -0.3 is 0 Å². The Hall–Kier alpha value is 0.177. The predicted molar refractivity (Wildman–Crippen MR) is 58.7 cm³/mol. The van der Waals surface area contributed by atoms with Crippen LogP contribution in [0.3, 0.4) is 0 Å². The molecule has 2 heteroatoms. The maximum Gasteiger partial charge on any atom is 0.0262 e. The smallest absolute Gasteiger partial charge is 0.0262 e. The van der Waals surface area contributed by atoms with Gasteiger partial charge in [0.05, 0.1) is 0 Å². The highest BCUT2D eigenvalue weighted by Crippen LogP contribution is 2.28. The van der Waals surface area contributed by atoms with E-state index < -0.39 is 0 Å². The number of rotatable bonds is 0. The van der Waals surface area contributed by atoms with Crippen LogP contribution in [0.4, 0.5) is 0 Å². The van der Waals surface area contributed by atoms with Crippen molar-refractivity contribution in [2.45, 2.75) is 57.8 Å². The molecule has 1 fully saturated rings. The van der Waals surface area contributed by atoms with E-state index in [2.05, 4.69) is 39.5 Å². The average Bonchev–Trinajstić information content (AvgIpc) is 1.92. The molecule has 0 aromatic rings. The van der Waals surface area contributed by atoms with Gasteiger partial charge in [0, 0.05) is 21.1 Å². The molecular weight excluding hydrogens is 162 g/mol. The van der Waals surface area contributed by atoms with Crippen molar-refractivity contribution in [3.8, 4) is 0 Å². The molecule has 0 saturated carbocycles. The van der Waals surface area contributed by atoms with Gasteiger partial charge >= 0.3 is 0 Å². The molecule has 0 amide bonds. The molecule has 72 valence electrons. The van der Waals surface area contributed by atoms with Crippen LogP contribution in [0, 0.1) is 0 Å². The summed E-state index contributed by atoms with van der Waals surface area (Å²) in [6, 6.07) is 2.34. The van der Waals surface area contributed by atoms with Gasteiger partial charge in [-0.05, 0) is 45.8 Å². The Morgan fingerprint density at radius 1 is 1.25 bits per heavy atom. The Balaban J connectivity index is 2.64. The Bertz CT molecular complexity index is 150. The van der Waals surface area contributed by atoms with Crippen LogP contribution in [0.15, 0.2) is 0 Å². The molecule has 0 radical (unpaired) electrons. The Morgan fingerprint density at radius 3 is 2.25 bits per heavy atom. The second kappa shape index (κ2) is 3.50. The van der Waals surface area contributed by atoms with Crippen LogP contribution in [0.2, 0.25) is 11.6 Å². The number of nitrogens with zero attached hydrogens (tertiary/aromatic N) is 1. The topological polar surface area (TPSA) is 3.24 Å². The summed E-state index contributed by atoms with van der Waals surface area (Å²) in [5.74, 6) is 0. The minimum atomic E-state index is 0.254. The lowest BCUT2D eigenvalue weighted by Gasteiger charge is -2.46. The molecule has 0 aliphatic carbocycles. The second-order valence-electron chi connectivity index (χ2n) is 5.22. The Labute approximate surface area is 79.4 Å². The molecule has 0 spiro atoms. The van der Waals surface area contributed by atoms with Crippen LogP contribution in [-0.2, 0) is 0 Å². The SMILES string of the molecule is CC1[SiH2]CCN(C(C)(C)C)C1C. The molecular formula is C10H23NSi. The van der Waals surface area contributed by atoms with Gasteiger partial charge in [0.2, 0.25) is 0 Å². The summed E-state index contributed by atoms with van der Waals surface area (Å²) < 4.78 is 0. The molecule has 1 aliphatic rings. The highest BCUT2D eigenvalue weighted by atomic mass is 28.2. The van der Waals surface area contributed by atoms with Crippen molar-refractivity contribution < 1.29 is 0 Å². The van der Waals surface area contributed by atoms with Crippen molar-refractivity contribution in [2.75, 3.05) is 6.54 Å². The van der Waals surface area contributed by atoms with E-state index >= 15 is 0 Å². The van der Waals surface area contributed by atoms with E-state index in [1.807, 2.05) is 0 Å².